The number of benzene rings is 1. The van der Waals surface area contributed by atoms with Crippen molar-refractivity contribution in [1.29, 1.82) is 0 Å². The average molecular weight is 380 g/mol. The van der Waals surface area contributed by atoms with Gasteiger partial charge >= 0.3 is 5.97 Å². The predicted molar refractivity (Wildman–Crippen MR) is 89.8 cm³/mol. The summed E-state index contributed by atoms with van der Waals surface area (Å²) >= 11 is 0. The van der Waals surface area contributed by atoms with Gasteiger partial charge in [0.15, 0.2) is 6.10 Å². The maximum absolute atomic E-state index is 13.4. The number of rotatable bonds is 5. The van der Waals surface area contributed by atoms with E-state index >= 15 is 0 Å². The minimum atomic E-state index is -1.51. The van der Waals surface area contributed by atoms with Crippen LogP contribution in [-0.2, 0) is 23.9 Å². The first-order chi connectivity index (χ1) is 12.9. The van der Waals surface area contributed by atoms with Crippen LogP contribution >= 0.6 is 0 Å². The molecule has 3 atom stereocenters. The highest BCUT2D eigenvalue weighted by molar-refractivity contribution is 6.06. The first kappa shape index (κ1) is 19.0. The number of ether oxygens (including phenoxy) is 2. The summed E-state index contributed by atoms with van der Waals surface area (Å²) in [6, 6.07) is 2.53. The molecule has 7 nitrogen and oxygen atoms in total. The van der Waals surface area contributed by atoms with Crippen LogP contribution < -0.4 is 5.32 Å². The molecule has 3 rings (SSSR count). The number of nitrogens with one attached hydrogen (secondary N) is 1. The zero-order valence-corrected chi connectivity index (χ0v) is 14.5. The molecule has 1 saturated heterocycles. The number of hydrogen-bond donors (Lipinski definition) is 1. The summed E-state index contributed by atoms with van der Waals surface area (Å²) < 4.78 is 36.8. The molecule has 0 aliphatic carbocycles. The molecule has 1 amide bonds. The third kappa shape index (κ3) is 3.82. The largest absolute Gasteiger partial charge is 0.467 e. The topological polar surface area (TPSA) is 86.2 Å². The summed E-state index contributed by atoms with van der Waals surface area (Å²) in [5.41, 5.74) is -1.11. The van der Waals surface area contributed by atoms with Crippen molar-refractivity contribution >= 4 is 17.6 Å². The van der Waals surface area contributed by atoms with Crippen molar-refractivity contribution in [3.63, 3.8) is 0 Å². The van der Waals surface area contributed by atoms with E-state index in [0.29, 0.717) is 0 Å². The van der Waals surface area contributed by atoms with E-state index in [1.165, 1.54) is 13.2 Å². The van der Waals surface area contributed by atoms with Crippen LogP contribution in [0.5, 0.6) is 0 Å². The van der Waals surface area contributed by atoms with Crippen molar-refractivity contribution in [2.75, 3.05) is 13.7 Å². The van der Waals surface area contributed by atoms with Crippen LogP contribution in [0.1, 0.15) is 18.4 Å². The second-order valence-electron chi connectivity index (χ2n) is 6.31. The van der Waals surface area contributed by atoms with Crippen LogP contribution in [0.4, 0.5) is 8.78 Å². The molecule has 9 heteroatoms. The standard InChI is InChI=1S/C18H18F2N2O5/c1-3-18(17(24)21-13-7-15(26-9-13)16(23)25-2)8-14(22-27-18)10-4-11(19)6-12(20)5-10/h3-6,13,15H,1,7-9H2,2H3,(H,21,24)/t13-,15-,18?/m1/s1. The van der Waals surface area contributed by atoms with Crippen molar-refractivity contribution in [1.82, 2.24) is 5.32 Å². The van der Waals surface area contributed by atoms with Gasteiger partial charge < -0.3 is 19.6 Å². The van der Waals surface area contributed by atoms with E-state index in [9.17, 15) is 18.4 Å². The van der Waals surface area contributed by atoms with E-state index in [2.05, 4.69) is 21.8 Å². The van der Waals surface area contributed by atoms with Crippen LogP contribution in [0.15, 0.2) is 36.0 Å². The Kier molecular flexibility index (Phi) is 5.22. The third-order valence-electron chi connectivity index (χ3n) is 4.46. The lowest BCUT2D eigenvalue weighted by Gasteiger charge is -2.23. The molecular weight excluding hydrogens is 362 g/mol. The fraction of sp³-hybridized carbons (Fsp3) is 0.389. The molecule has 1 aromatic rings. The Hall–Kier alpha value is -2.81. The molecule has 0 spiro atoms. The molecule has 1 aromatic carbocycles. The number of amides is 1. The molecule has 0 bridgehead atoms. The van der Waals surface area contributed by atoms with Gasteiger partial charge in [-0.05, 0) is 18.2 Å². The van der Waals surface area contributed by atoms with Gasteiger partial charge in [-0.2, -0.15) is 0 Å². The molecule has 1 unspecified atom stereocenters. The van der Waals surface area contributed by atoms with Crippen LogP contribution in [0.25, 0.3) is 0 Å². The van der Waals surface area contributed by atoms with E-state index in [4.69, 9.17) is 9.57 Å². The van der Waals surface area contributed by atoms with Gasteiger partial charge in [-0.3, -0.25) is 4.79 Å². The highest BCUT2D eigenvalue weighted by Crippen LogP contribution is 2.29. The Labute approximate surface area is 154 Å². The smallest absolute Gasteiger partial charge is 0.335 e. The van der Waals surface area contributed by atoms with Crippen molar-refractivity contribution in [3.05, 3.63) is 48.1 Å². The lowest BCUT2D eigenvalue weighted by molar-refractivity contribution is -0.151. The van der Waals surface area contributed by atoms with Gasteiger partial charge in [-0.25, -0.2) is 13.6 Å². The Balaban J connectivity index is 1.67. The van der Waals surface area contributed by atoms with Crippen LogP contribution in [0.2, 0.25) is 0 Å². The van der Waals surface area contributed by atoms with Crippen LogP contribution in [0, 0.1) is 11.6 Å². The highest BCUT2D eigenvalue weighted by atomic mass is 19.1. The van der Waals surface area contributed by atoms with Crippen LogP contribution in [-0.4, -0.2) is 49.1 Å². The molecule has 2 aliphatic rings. The molecule has 2 aliphatic heterocycles. The van der Waals surface area contributed by atoms with E-state index < -0.39 is 41.3 Å². The van der Waals surface area contributed by atoms with E-state index in [1.807, 2.05) is 0 Å². The van der Waals surface area contributed by atoms with E-state index in [1.54, 1.807) is 0 Å². The molecule has 0 radical (unpaired) electrons. The minimum absolute atomic E-state index is 0.0424. The molecule has 0 aromatic heterocycles. The van der Waals surface area contributed by atoms with Gasteiger partial charge in [0, 0.05) is 24.5 Å². The summed E-state index contributed by atoms with van der Waals surface area (Å²) in [6.07, 6.45) is 0.752. The van der Waals surface area contributed by atoms with Gasteiger partial charge in [0.05, 0.1) is 25.5 Å². The number of methoxy groups -OCH3 is 1. The quantitative estimate of drug-likeness (QED) is 0.617. The normalized spacial score (nSPS) is 26.9. The Morgan fingerprint density at radius 2 is 2.07 bits per heavy atom. The number of carbonyl (C=O) groups is 2. The van der Waals surface area contributed by atoms with Gasteiger partial charge in [0.1, 0.15) is 11.6 Å². The SMILES string of the molecule is C=CC1(C(=O)N[C@H]2CO[C@@H](C(=O)OC)C2)CC(c2cc(F)cc(F)c2)=NO1. The Morgan fingerprint density at radius 1 is 1.37 bits per heavy atom. The zero-order valence-electron chi connectivity index (χ0n) is 14.5. The second-order valence-corrected chi connectivity index (χ2v) is 6.31. The zero-order chi connectivity index (χ0) is 19.6. The van der Waals surface area contributed by atoms with Crippen LogP contribution in [0.3, 0.4) is 0 Å². The number of oxime groups is 1. The molecule has 1 fully saturated rings. The Morgan fingerprint density at radius 3 is 2.70 bits per heavy atom. The second kappa shape index (κ2) is 7.43. The number of nitrogens with zero attached hydrogens (tertiary/aromatic N) is 1. The van der Waals surface area contributed by atoms with Gasteiger partial charge in [0.25, 0.3) is 5.91 Å². The van der Waals surface area contributed by atoms with Crippen molar-refractivity contribution in [2.24, 2.45) is 5.16 Å². The molecule has 27 heavy (non-hydrogen) atoms. The highest BCUT2D eigenvalue weighted by Gasteiger charge is 2.46. The summed E-state index contributed by atoms with van der Waals surface area (Å²) in [6.45, 7) is 3.76. The maximum Gasteiger partial charge on any atom is 0.335 e. The van der Waals surface area contributed by atoms with E-state index in [-0.39, 0.29) is 30.7 Å². The lowest BCUT2D eigenvalue weighted by atomic mass is 9.92. The summed E-state index contributed by atoms with van der Waals surface area (Å²) in [4.78, 5) is 29.5. The summed E-state index contributed by atoms with van der Waals surface area (Å²) in [7, 11) is 1.25. The lowest BCUT2D eigenvalue weighted by Crippen LogP contribution is -2.49. The predicted octanol–water partition coefficient (Wildman–Crippen LogP) is 1.46. The first-order valence-corrected chi connectivity index (χ1v) is 8.22. The molecular formula is C18H18F2N2O5. The number of halogens is 2. The van der Waals surface area contributed by atoms with E-state index in [0.717, 1.165) is 18.2 Å². The number of carbonyl (C=O) groups excluding carboxylic acids is 2. The summed E-state index contributed by atoms with van der Waals surface area (Å²) in [5, 5.41) is 6.54. The van der Waals surface area contributed by atoms with Crippen molar-refractivity contribution < 1.29 is 32.7 Å². The molecule has 0 saturated carbocycles. The fourth-order valence-electron chi connectivity index (χ4n) is 2.98. The maximum atomic E-state index is 13.4. The molecule has 1 N–H and O–H groups in total. The van der Waals surface area contributed by atoms with Crippen molar-refractivity contribution in [2.45, 2.75) is 30.6 Å². The van der Waals surface area contributed by atoms with Crippen molar-refractivity contribution in [3.8, 4) is 0 Å². The Bertz CT molecular complexity index is 793. The third-order valence-corrected chi connectivity index (χ3v) is 4.46. The monoisotopic (exact) mass is 380 g/mol. The number of esters is 1. The number of hydrogen-bond acceptors (Lipinski definition) is 6. The molecule has 144 valence electrons. The minimum Gasteiger partial charge on any atom is -0.467 e. The summed E-state index contributed by atoms with van der Waals surface area (Å²) in [5.74, 6) is -2.57. The molecule has 2 heterocycles. The van der Waals surface area contributed by atoms with Gasteiger partial charge in [-0.1, -0.05) is 11.7 Å². The first-order valence-electron chi connectivity index (χ1n) is 8.22. The fourth-order valence-corrected chi connectivity index (χ4v) is 2.98. The van der Waals surface area contributed by atoms with Gasteiger partial charge in [0.2, 0.25) is 5.60 Å². The van der Waals surface area contributed by atoms with Gasteiger partial charge in [-0.15, -0.1) is 0 Å². The average Bonchev–Trinajstić information content (AvgIpc) is 3.28.